The maximum absolute atomic E-state index is 12.7. The summed E-state index contributed by atoms with van der Waals surface area (Å²) in [4.78, 5) is 15.3. The van der Waals surface area contributed by atoms with E-state index in [9.17, 15) is 17.1 Å². The van der Waals surface area contributed by atoms with E-state index in [-0.39, 0.29) is 18.9 Å². The molecule has 7 heteroatoms. The molecule has 0 aliphatic carbocycles. The molecule has 0 radical (unpaired) electrons. The smallest absolute Gasteiger partial charge is 0.302 e. The van der Waals surface area contributed by atoms with Gasteiger partial charge in [-0.2, -0.15) is 8.42 Å². The number of anilines is 2. The van der Waals surface area contributed by atoms with Crippen LogP contribution in [-0.4, -0.2) is 40.7 Å². The molecule has 20 heavy (non-hydrogen) atoms. The third-order valence-corrected chi connectivity index (χ3v) is 4.19. The topological polar surface area (TPSA) is 57.7 Å². The molecule has 1 amide bonds. The monoisotopic (exact) mass is 300 g/mol. The molecule has 1 unspecified atom stereocenters. The van der Waals surface area contributed by atoms with Crippen LogP contribution in [0.1, 0.15) is 6.42 Å². The number of carbonyl (C=O) groups excluding carboxylic acids is 1. The molecule has 0 aromatic heterocycles. The van der Waals surface area contributed by atoms with E-state index in [1.54, 1.807) is 12.1 Å². The molecule has 0 saturated carbocycles. The predicted octanol–water partition coefficient (Wildman–Crippen LogP) is 1.40. The maximum atomic E-state index is 12.7. The number of amides is 1. The number of hydrogen-bond donors (Lipinski definition) is 0. The molecule has 1 aliphatic rings. The van der Waals surface area contributed by atoms with E-state index in [2.05, 4.69) is 0 Å². The Morgan fingerprint density at radius 1 is 1.30 bits per heavy atom. The zero-order valence-electron chi connectivity index (χ0n) is 11.4. The zero-order chi connectivity index (χ0) is 14.9. The van der Waals surface area contributed by atoms with E-state index in [0.717, 1.165) is 5.69 Å². The third-order valence-electron chi connectivity index (χ3n) is 3.32. The fourth-order valence-corrected chi connectivity index (χ4v) is 3.14. The fraction of sp³-hybridized carbons (Fsp3) is 0.462. The Morgan fingerprint density at radius 3 is 2.40 bits per heavy atom. The van der Waals surface area contributed by atoms with E-state index < -0.39 is 21.9 Å². The Labute approximate surface area is 118 Å². The van der Waals surface area contributed by atoms with E-state index in [4.69, 9.17) is 0 Å². The first-order chi connectivity index (χ1) is 9.26. The van der Waals surface area contributed by atoms with Crippen LogP contribution in [0.4, 0.5) is 15.3 Å². The summed E-state index contributed by atoms with van der Waals surface area (Å²) >= 11 is 0. The predicted molar refractivity (Wildman–Crippen MR) is 76.1 cm³/mol. The number of carbonyl (C=O) groups is 1. The fourth-order valence-electron chi connectivity index (χ4n) is 2.35. The minimum absolute atomic E-state index is 0.0680. The van der Waals surface area contributed by atoms with E-state index in [1.807, 2.05) is 31.1 Å². The Balaban J connectivity index is 2.11. The minimum Gasteiger partial charge on any atom is -0.378 e. The van der Waals surface area contributed by atoms with Crippen LogP contribution < -0.4 is 9.80 Å². The highest BCUT2D eigenvalue weighted by molar-refractivity contribution is 7.86. The zero-order valence-corrected chi connectivity index (χ0v) is 12.2. The molecule has 1 aliphatic heterocycles. The lowest BCUT2D eigenvalue weighted by molar-refractivity contribution is -0.117. The van der Waals surface area contributed by atoms with Gasteiger partial charge in [0.2, 0.25) is 5.91 Å². The molecule has 1 heterocycles. The van der Waals surface area contributed by atoms with Gasteiger partial charge < -0.3 is 9.80 Å². The molecule has 1 aromatic carbocycles. The molecule has 1 saturated heterocycles. The second-order valence-corrected chi connectivity index (χ2v) is 6.60. The lowest BCUT2D eigenvalue weighted by atomic mass is 10.1. The van der Waals surface area contributed by atoms with Gasteiger partial charge in [0.25, 0.3) is 0 Å². The van der Waals surface area contributed by atoms with Gasteiger partial charge in [0.15, 0.2) is 0 Å². The standard InChI is InChI=1S/C13H17FN2O3S/c1-15(2)11-3-5-12(6-4-11)16-8-10(7-13(16)17)9-20(14,18)19/h3-6,10H,7-9H2,1-2H3. The largest absolute Gasteiger partial charge is 0.378 e. The molecular weight excluding hydrogens is 283 g/mol. The van der Waals surface area contributed by atoms with Gasteiger partial charge in [-0.05, 0) is 24.3 Å². The van der Waals surface area contributed by atoms with Crippen LogP contribution in [0.5, 0.6) is 0 Å². The van der Waals surface area contributed by atoms with Crippen LogP contribution >= 0.6 is 0 Å². The van der Waals surface area contributed by atoms with Crippen molar-refractivity contribution in [2.75, 3.05) is 36.2 Å². The van der Waals surface area contributed by atoms with Crippen molar-refractivity contribution in [1.82, 2.24) is 0 Å². The summed E-state index contributed by atoms with van der Waals surface area (Å²) in [6, 6.07) is 7.36. The number of rotatable bonds is 4. The molecule has 0 spiro atoms. The molecule has 0 N–H and O–H groups in total. The van der Waals surface area contributed by atoms with Gasteiger partial charge in [-0.3, -0.25) is 4.79 Å². The highest BCUT2D eigenvalue weighted by atomic mass is 32.3. The summed E-state index contributed by atoms with van der Waals surface area (Å²) in [5.41, 5.74) is 1.71. The van der Waals surface area contributed by atoms with E-state index in [1.165, 1.54) is 4.90 Å². The lowest BCUT2D eigenvalue weighted by Gasteiger charge is -2.18. The van der Waals surface area contributed by atoms with Crippen molar-refractivity contribution in [3.05, 3.63) is 24.3 Å². The van der Waals surface area contributed by atoms with Gasteiger partial charge in [-0.1, -0.05) is 0 Å². The van der Waals surface area contributed by atoms with Crippen LogP contribution in [0, 0.1) is 5.92 Å². The van der Waals surface area contributed by atoms with Gasteiger partial charge in [-0.15, -0.1) is 3.89 Å². The second-order valence-electron chi connectivity index (χ2n) is 5.19. The normalized spacial score (nSPS) is 19.4. The van der Waals surface area contributed by atoms with Crippen LogP contribution in [0.2, 0.25) is 0 Å². The molecular formula is C13H17FN2O3S. The van der Waals surface area contributed by atoms with Gasteiger partial charge >= 0.3 is 10.2 Å². The minimum atomic E-state index is -4.54. The molecule has 110 valence electrons. The summed E-state index contributed by atoms with van der Waals surface area (Å²) in [5, 5.41) is 0. The number of nitrogens with zero attached hydrogens (tertiary/aromatic N) is 2. The van der Waals surface area contributed by atoms with Crippen LogP contribution in [0.3, 0.4) is 0 Å². The molecule has 0 bridgehead atoms. The van der Waals surface area contributed by atoms with Crippen LogP contribution in [-0.2, 0) is 15.0 Å². The molecule has 2 rings (SSSR count). The van der Waals surface area contributed by atoms with Gasteiger partial charge in [0, 0.05) is 44.4 Å². The average Bonchev–Trinajstić information content (AvgIpc) is 2.67. The first kappa shape index (κ1) is 14.8. The quantitative estimate of drug-likeness (QED) is 0.789. The van der Waals surface area contributed by atoms with Gasteiger partial charge in [0.05, 0.1) is 5.75 Å². The summed E-state index contributed by atoms with van der Waals surface area (Å²) < 4.78 is 34.0. The highest BCUT2D eigenvalue weighted by Gasteiger charge is 2.33. The number of hydrogen-bond acceptors (Lipinski definition) is 4. The van der Waals surface area contributed by atoms with E-state index in [0.29, 0.717) is 5.69 Å². The van der Waals surface area contributed by atoms with Crippen molar-refractivity contribution >= 4 is 27.5 Å². The summed E-state index contributed by atoms with van der Waals surface area (Å²) in [6.07, 6.45) is 0.0680. The first-order valence-corrected chi connectivity index (χ1v) is 7.81. The Hall–Kier alpha value is -1.63. The summed E-state index contributed by atoms with van der Waals surface area (Å²) in [5.74, 6) is -1.24. The van der Waals surface area contributed by atoms with Crippen molar-refractivity contribution in [1.29, 1.82) is 0 Å². The van der Waals surface area contributed by atoms with Crippen molar-refractivity contribution in [2.24, 2.45) is 5.92 Å². The van der Waals surface area contributed by atoms with Crippen molar-refractivity contribution < 1.29 is 17.1 Å². The van der Waals surface area contributed by atoms with Crippen molar-refractivity contribution in [3.8, 4) is 0 Å². The Morgan fingerprint density at radius 2 is 1.90 bits per heavy atom. The number of halogens is 1. The molecule has 1 fully saturated rings. The van der Waals surface area contributed by atoms with Gasteiger partial charge in [0.1, 0.15) is 0 Å². The average molecular weight is 300 g/mol. The second kappa shape index (κ2) is 5.40. The molecule has 1 atom stereocenters. The lowest BCUT2D eigenvalue weighted by Crippen LogP contribution is -2.25. The van der Waals surface area contributed by atoms with Gasteiger partial charge in [-0.25, -0.2) is 0 Å². The molecule has 1 aromatic rings. The Kier molecular flexibility index (Phi) is 3.99. The maximum Gasteiger partial charge on any atom is 0.302 e. The van der Waals surface area contributed by atoms with Crippen LogP contribution in [0.25, 0.3) is 0 Å². The van der Waals surface area contributed by atoms with E-state index >= 15 is 0 Å². The van der Waals surface area contributed by atoms with Crippen molar-refractivity contribution in [3.63, 3.8) is 0 Å². The van der Waals surface area contributed by atoms with Crippen molar-refractivity contribution in [2.45, 2.75) is 6.42 Å². The Bertz CT molecular complexity index is 599. The highest BCUT2D eigenvalue weighted by Crippen LogP contribution is 2.27. The first-order valence-electron chi connectivity index (χ1n) is 6.26. The SMILES string of the molecule is CN(C)c1ccc(N2CC(CS(=O)(=O)F)CC2=O)cc1. The summed E-state index contributed by atoms with van der Waals surface area (Å²) in [7, 11) is -0.710. The van der Waals surface area contributed by atoms with Crippen LogP contribution in [0.15, 0.2) is 24.3 Å². The number of benzene rings is 1. The third kappa shape index (κ3) is 3.47. The summed E-state index contributed by atoms with van der Waals surface area (Å²) in [6.45, 7) is 0.239. The molecule has 5 nitrogen and oxygen atoms in total.